The van der Waals surface area contributed by atoms with Crippen LogP contribution in [0.5, 0.6) is 0 Å². The lowest BCUT2D eigenvalue weighted by Gasteiger charge is -2.41. The molecule has 1 aromatic carbocycles. The first kappa shape index (κ1) is 17.4. The van der Waals surface area contributed by atoms with Crippen LogP contribution in [-0.2, 0) is 14.2 Å². The maximum absolute atomic E-state index is 12.2. The first-order valence-electron chi connectivity index (χ1n) is 6.37. The second-order valence-electron chi connectivity index (χ2n) is 4.56. The minimum absolute atomic E-state index is 0.119. The lowest BCUT2D eigenvalue weighted by atomic mass is 10.1. The van der Waals surface area contributed by atoms with Crippen molar-refractivity contribution < 1.29 is 19.0 Å². The van der Waals surface area contributed by atoms with E-state index in [1.807, 2.05) is 6.07 Å². The number of benzene rings is 1. The highest BCUT2D eigenvalue weighted by Gasteiger charge is 2.45. The second-order valence-corrected chi connectivity index (χ2v) is 7.32. The summed E-state index contributed by atoms with van der Waals surface area (Å²) < 4.78 is 16.7. The van der Waals surface area contributed by atoms with Gasteiger partial charge in [0.05, 0.1) is 15.2 Å². The van der Waals surface area contributed by atoms with Gasteiger partial charge in [0.2, 0.25) is 0 Å². The highest BCUT2D eigenvalue weighted by molar-refractivity contribution is 9.12. The Morgan fingerprint density at radius 3 is 2.48 bits per heavy atom. The van der Waals surface area contributed by atoms with E-state index in [2.05, 4.69) is 47.8 Å². The van der Waals surface area contributed by atoms with Gasteiger partial charge in [-0.15, -0.1) is 0 Å². The molecule has 21 heavy (non-hydrogen) atoms. The van der Waals surface area contributed by atoms with E-state index in [4.69, 9.17) is 14.2 Å². The van der Waals surface area contributed by atoms with Crippen molar-refractivity contribution in [1.29, 1.82) is 0 Å². The predicted molar refractivity (Wildman–Crippen MR) is 90.5 cm³/mol. The molecule has 0 unspecified atom stereocenters. The molecule has 0 spiro atoms. The van der Waals surface area contributed by atoms with Crippen LogP contribution in [0.2, 0.25) is 0 Å². The van der Waals surface area contributed by atoms with Gasteiger partial charge in [-0.25, -0.2) is 4.79 Å². The van der Waals surface area contributed by atoms with Crippen LogP contribution in [0.15, 0.2) is 30.3 Å². The molecule has 1 aliphatic rings. The Morgan fingerprint density at radius 1 is 1.24 bits per heavy atom. The van der Waals surface area contributed by atoms with Gasteiger partial charge in [-0.1, -0.05) is 66.0 Å². The Labute approximate surface area is 148 Å². The van der Waals surface area contributed by atoms with E-state index in [1.165, 1.54) is 0 Å². The van der Waals surface area contributed by atoms with Gasteiger partial charge >= 0.3 is 5.97 Å². The van der Waals surface area contributed by atoms with Crippen molar-refractivity contribution in [2.45, 2.75) is 28.2 Å². The van der Waals surface area contributed by atoms with E-state index in [-0.39, 0.29) is 21.7 Å². The van der Waals surface area contributed by atoms with Crippen molar-refractivity contribution in [1.82, 2.24) is 0 Å². The van der Waals surface area contributed by atoms with Gasteiger partial charge < -0.3 is 14.2 Å². The molecule has 1 fully saturated rings. The summed E-state index contributed by atoms with van der Waals surface area (Å²) in [4.78, 5) is 12.0. The molecule has 1 aromatic rings. The summed E-state index contributed by atoms with van der Waals surface area (Å²) in [6, 6.07) is 8.91. The van der Waals surface area contributed by atoms with Gasteiger partial charge in [0.15, 0.2) is 6.29 Å². The van der Waals surface area contributed by atoms with E-state index in [1.54, 1.807) is 31.4 Å². The van der Waals surface area contributed by atoms with E-state index < -0.39 is 12.4 Å². The average molecular weight is 487 g/mol. The number of esters is 1. The summed E-state index contributed by atoms with van der Waals surface area (Å²) in [6.07, 6.45) is -1.11. The lowest BCUT2D eigenvalue weighted by Crippen LogP contribution is -2.55. The van der Waals surface area contributed by atoms with Crippen LogP contribution < -0.4 is 0 Å². The Kier molecular flexibility index (Phi) is 6.68. The molecule has 0 aliphatic carbocycles. The number of carbonyl (C=O) groups excluding carboxylic acids is 1. The van der Waals surface area contributed by atoms with Gasteiger partial charge in [0.25, 0.3) is 0 Å². The number of rotatable bonds is 4. The van der Waals surface area contributed by atoms with Gasteiger partial charge in [0, 0.05) is 12.4 Å². The number of methoxy groups -OCH3 is 1. The van der Waals surface area contributed by atoms with Crippen molar-refractivity contribution >= 4 is 53.8 Å². The summed E-state index contributed by atoms with van der Waals surface area (Å²) in [5, 5.41) is 0.543. The SMILES string of the molecule is CO[C@H]1O[C@H](CBr)[C@@H](OC(=O)c2ccccc2)[C@@H](Br)[C@@H]1Br. The number of carbonyl (C=O) groups is 1. The minimum atomic E-state index is -0.423. The molecule has 5 atom stereocenters. The molecule has 0 N–H and O–H groups in total. The number of alkyl halides is 3. The largest absolute Gasteiger partial charge is 0.455 e. The predicted octanol–water partition coefficient (Wildman–Crippen LogP) is 3.51. The van der Waals surface area contributed by atoms with Crippen LogP contribution in [0.3, 0.4) is 0 Å². The first-order chi connectivity index (χ1) is 10.1. The van der Waals surface area contributed by atoms with Gasteiger partial charge in [-0.3, -0.25) is 0 Å². The van der Waals surface area contributed by atoms with E-state index in [9.17, 15) is 4.79 Å². The summed E-state index contributed by atoms with van der Waals surface area (Å²) in [5.41, 5.74) is 0.519. The number of ether oxygens (including phenoxy) is 3. The van der Waals surface area contributed by atoms with Crippen LogP contribution in [0.25, 0.3) is 0 Å². The molecule has 0 aromatic heterocycles. The van der Waals surface area contributed by atoms with Gasteiger partial charge in [-0.05, 0) is 12.1 Å². The molecular formula is C14H15Br3O4. The Balaban J connectivity index is 2.11. The van der Waals surface area contributed by atoms with Gasteiger partial charge in [-0.2, -0.15) is 0 Å². The quantitative estimate of drug-likeness (QED) is 0.482. The summed E-state index contributed by atoms with van der Waals surface area (Å²) in [5.74, 6) is -0.366. The van der Waals surface area contributed by atoms with Crippen LogP contribution in [0, 0.1) is 0 Å². The van der Waals surface area contributed by atoms with E-state index >= 15 is 0 Å². The molecule has 4 nitrogen and oxygen atoms in total. The summed E-state index contributed by atoms with van der Waals surface area (Å²) in [6.45, 7) is 0. The third-order valence-electron chi connectivity index (χ3n) is 3.19. The van der Waals surface area contributed by atoms with Crippen LogP contribution in [0.4, 0.5) is 0 Å². The highest BCUT2D eigenvalue weighted by atomic mass is 79.9. The molecule has 0 radical (unpaired) electrons. The zero-order valence-corrected chi connectivity index (χ0v) is 16.0. The molecule has 1 saturated heterocycles. The maximum atomic E-state index is 12.2. The molecule has 116 valence electrons. The monoisotopic (exact) mass is 484 g/mol. The third-order valence-corrected chi connectivity index (χ3v) is 6.63. The fourth-order valence-corrected chi connectivity index (χ4v) is 3.94. The van der Waals surface area contributed by atoms with E-state index in [0.29, 0.717) is 10.9 Å². The molecule has 1 aliphatic heterocycles. The summed E-state index contributed by atoms with van der Waals surface area (Å²) in [7, 11) is 1.58. The molecule has 1 heterocycles. The van der Waals surface area contributed by atoms with Crippen molar-refractivity contribution in [3.8, 4) is 0 Å². The Morgan fingerprint density at radius 2 is 1.90 bits per heavy atom. The molecule has 0 bridgehead atoms. The maximum Gasteiger partial charge on any atom is 0.338 e. The Hall–Kier alpha value is 0.0500. The van der Waals surface area contributed by atoms with Gasteiger partial charge in [0.1, 0.15) is 12.2 Å². The average Bonchev–Trinajstić information content (AvgIpc) is 2.53. The van der Waals surface area contributed by atoms with E-state index in [0.717, 1.165) is 0 Å². The zero-order valence-electron chi connectivity index (χ0n) is 11.2. The standard InChI is InChI=1S/C14H15Br3O4/c1-19-14-11(17)10(16)12(9(7-15)20-14)21-13(18)8-5-3-2-4-6-8/h2-6,9-12,14H,7H2,1H3/t9-,10+,11+,12-,14+/m1/s1. The Bertz CT molecular complexity index is 469. The first-order valence-corrected chi connectivity index (χ1v) is 9.32. The van der Waals surface area contributed by atoms with Crippen molar-refractivity contribution in [2.75, 3.05) is 12.4 Å². The highest BCUT2D eigenvalue weighted by Crippen LogP contribution is 2.34. The minimum Gasteiger partial charge on any atom is -0.455 e. The molecule has 7 heteroatoms. The van der Waals surface area contributed by atoms with Crippen LogP contribution >= 0.6 is 47.8 Å². The summed E-state index contributed by atoms with van der Waals surface area (Å²) >= 11 is 10.5. The fraction of sp³-hybridized carbons (Fsp3) is 0.500. The molecular weight excluding hydrogens is 472 g/mol. The van der Waals surface area contributed by atoms with Crippen molar-refractivity contribution in [3.63, 3.8) is 0 Å². The topological polar surface area (TPSA) is 44.8 Å². The lowest BCUT2D eigenvalue weighted by molar-refractivity contribution is -0.196. The number of hydrogen-bond donors (Lipinski definition) is 0. The molecule has 2 rings (SSSR count). The molecule has 0 saturated carbocycles. The normalized spacial score (nSPS) is 32.7. The zero-order chi connectivity index (χ0) is 15.4. The van der Waals surface area contributed by atoms with Crippen LogP contribution in [-0.4, -0.2) is 46.6 Å². The smallest absolute Gasteiger partial charge is 0.338 e. The van der Waals surface area contributed by atoms with Crippen molar-refractivity contribution in [2.24, 2.45) is 0 Å². The number of hydrogen-bond acceptors (Lipinski definition) is 4. The number of halogens is 3. The second kappa shape index (κ2) is 8.06. The molecule has 0 amide bonds. The third kappa shape index (κ3) is 4.07. The fourth-order valence-electron chi connectivity index (χ4n) is 2.08. The van der Waals surface area contributed by atoms with Crippen LogP contribution in [0.1, 0.15) is 10.4 Å². The van der Waals surface area contributed by atoms with Crippen molar-refractivity contribution in [3.05, 3.63) is 35.9 Å².